The molecule has 2 saturated heterocycles. The fourth-order valence-electron chi connectivity index (χ4n) is 3.84. The summed E-state index contributed by atoms with van der Waals surface area (Å²) in [5.41, 5.74) is 1.14. The first-order valence-corrected chi connectivity index (χ1v) is 9.42. The molecule has 0 radical (unpaired) electrons. The predicted octanol–water partition coefficient (Wildman–Crippen LogP) is -0.742. The van der Waals surface area contributed by atoms with Gasteiger partial charge < -0.3 is 19.9 Å². The summed E-state index contributed by atoms with van der Waals surface area (Å²) in [6.45, 7) is 2.96. The third-order valence-corrected chi connectivity index (χ3v) is 5.36. The van der Waals surface area contributed by atoms with Crippen molar-refractivity contribution in [3.05, 3.63) is 29.3 Å². The van der Waals surface area contributed by atoms with E-state index in [9.17, 15) is 19.2 Å². The molecule has 3 aliphatic heterocycles. The average Bonchev–Trinajstić information content (AvgIpc) is 3.04. The van der Waals surface area contributed by atoms with Gasteiger partial charge in [0, 0.05) is 43.7 Å². The smallest absolute Gasteiger partial charge is 0.260 e. The Balaban J connectivity index is 1.46. The van der Waals surface area contributed by atoms with Crippen LogP contribution in [0.2, 0.25) is 0 Å². The van der Waals surface area contributed by atoms with E-state index in [-0.39, 0.29) is 37.3 Å². The van der Waals surface area contributed by atoms with E-state index in [4.69, 9.17) is 4.74 Å². The van der Waals surface area contributed by atoms with E-state index in [0.29, 0.717) is 36.4 Å². The lowest BCUT2D eigenvalue weighted by molar-refractivity contribution is -0.137. The molecule has 1 aromatic carbocycles. The van der Waals surface area contributed by atoms with Crippen molar-refractivity contribution in [2.45, 2.75) is 25.4 Å². The summed E-state index contributed by atoms with van der Waals surface area (Å²) in [6.07, 6.45) is 0.515. The van der Waals surface area contributed by atoms with Gasteiger partial charge in [0.2, 0.25) is 11.8 Å². The number of nitrogens with one attached hydrogen (secondary N) is 2. The van der Waals surface area contributed by atoms with E-state index in [1.54, 1.807) is 23.1 Å². The lowest BCUT2D eigenvalue weighted by atomic mass is 10.0. The van der Waals surface area contributed by atoms with E-state index in [0.717, 1.165) is 13.1 Å². The molecule has 1 atom stereocenters. The molecule has 148 valence electrons. The number of nitrogens with zero attached hydrogens (tertiary/aromatic N) is 2. The maximum atomic E-state index is 12.8. The van der Waals surface area contributed by atoms with Crippen LogP contribution in [0.5, 0.6) is 5.75 Å². The molecular weight excluding hydrogens is 364 g/mol. The SMILES string of the molecule is O=C1CCC(N2Cc3c(OCC(=O)N4CCNCC4)cccc3C2=O)C(=O)N1. The van der Waals surface area contributed by atoms with Gasteiger partial charge in [-0.3, -0.25) is 24.5 Å². The van der Waals surface area contributed by atoms with Gasteiger partial charge in [0.1, 0.15) is 11.8 Å². The number of hydrogen-bond acceptors (Lipinski definition) is 6. The maximum Gasteiger partial charge on any atom is 0.260 e. The fraction of sp³-hybridized carbons (Fsp3) is 0.474. The minimum atomic E-state index is -0.673. The van der Waals surface area contributed by atoms with Crippen molar-refractivity contribution in [3.8, 4) is 5.75 Å². The molecule has 2 N–H and O–H groups in total. The van der Waals surface area contributed by atoms with Crippen molar-refractivity contribution in [2.24, 2.45) is 0 Å². The number of imide groups is 1. The van der Waals surface area contributed by atoms with Gasteiger partial charge in [-0.05, 0) is 18.6 Å². The van der Waals surface area contributed by atoms with Crippen LogP contribution < -0.4 is 15.4 Å². The lowest BCUT2D eigenvalue weighted by Gasteiger charge is -2.29. The molecule has 9 nitrogen and oxygen atoms in total. The van der Waals surface area contributed by atoms with E-state index in [1.165, 1.54) is 4.90 Å². The van der Waals surface area contributed by atoms with Crippen LogP contribution in [0.25, 0.3) is 0 Å². The Hall–Kier alpha value is -2.94. The Kier molecular flexibility index (Phi) is 4.99. The van der Waals surface area contributed by atoms with E-state index >= 15 is 0 Å². The fourth-order valence-corrected chi connectivity index (χ4v) is 3.84. The molecule has 0 aromatic heterocycles. The van der Waals surface area contributed by atoms with Gasteiger partial charge >= 0.3 is 0 Å². The molecule has 1 aromatic rings. The number of piperidine rings is 1. The number of hydrogen-bond donors (Lipinski definition) is 2. The second kappa shape index (κ2) is 7.59. The van der Waals surface area contributed by atoms with Crippen LogP contribution in [-0.2, 0) is 20.9 Å². The summed E-state index contributed by atoms with van der Waals surface area (Å²) in [6, 6.07) is 4.45. The Morgan fingerprint density at radius 1 is 1.18 bits per heavy atom. The first kappa shape index (κ1) is 18.4. The number of piperazine rings is 1. The molecule has 28 heavy (non-hydrogen) atoms. The van der Waals surface area contributed by atoms with Gasteiger partial charge in [-0.2, -0.15) is 0 Å². The second-order valence-corrected chi connectivity index (χ2v) is 7.10. The van der Waals surface area contributed by atoms with Crippen LogP contribution in [0.15, 0.2) is 18.2 Å². The van der Waals surface area contributed by atoms with Crippen LogP contribution in [-0.4, -0.2) is 72.3 Å². The van der Waals surface area contributed by atoms with Crippen molar-refractivity contribution in [3.63, 3.8) is 0 Å². The molecular formula is C19H22N4O5. The minimum Gasteiger partial charge on any atom is -0.483 e. The Morgan fingerprint density at radius 2 is 1.96 bits per heavy atom. The molecule has 4 amide bonds. The standard InChI is InChI=1S/C19H22N4O5/c24-16-5-4-14(18(26)21-16)23-10-13-12(19(23)27)2-1-3-15(13)28-11-17(25)22-8-6-20-7-9-22/h1-3,14,20H,4-11H2,(H,21,24,26). The predicted molar refractivity (Wildman–Crippen MR) is 97.4 cm³/mol. The van der Waals surface area contributed by atoms with Crippen LogP contribution in [0.3, 0.4) is 0 Å². The highest BCUT2D eigenvalue weighted by Crippen LogP contribution is 2.33. The van der Waals surface area contributed by atoms with Gasteiger partial charge in [-0.1, -0.05) is 6.07 Å². The first-order valence-electron chi connectivity index (χ1n) is 9.42. The number of carbonyl (C=O) groups excluding carboxylic acids is 4. The summed E-state index contributed by atoms with van der Waals surface area (Å²) in [5, 5.41) is 5.48. The number of amides is 4. The summed E-state index contributed by atoms with van der Waals surface area (Å²) in [4.78, 5) is 51.9. The summed E-state index contributed by atoms with van der Waals surface area (Å²) in [5.74, 6) is -0.646. The monoisotopic (exact) mass is 386 g/mol. The zero-order chi connectivity index (χ0) is 19.7. The Labute approximate surface area is 162 Å². The molecule has 0 saturated carbocycles. The van der Waals surface area contributed by atoms with Crippen molar-refractivity contribution in [1.29, 1.82) is 0 Å². The van der Waals surface area contributed by atoms with Gasteiger partial charge in [-0.15, -0.1) is 0 Å². The van der Waals surface area contributed by atoms with Crippen LogP contribution >= 0.6 is 0 Å². The van der Waals surface area contributed by atoms with Crippen molar-refractivity contribution in [2.75, 3.05) is 32.8 Å². The maximum absolute atomic E-state index is 12.8. The Morgan fingerprint density at radius 3 is 2.71 bits per heavy atom. The summed E-state index contributed by atoms with van der Waals surface area (Å²) < 4.78 is 5.75. The average molecular weight is 386 g/mol. The number of benzene rings is 1. The summed E-state index contributed by atoms with van der Waals surface area (Å²) >= 11 is 0. The molecule has 9 heteroatoms. The first-order chi connectivity index (χ1) is 13.5. The molecule has 0 aliphatic carbocycles. The van der Waals surface area contributed by atoms with E-state index < -0.39 is 11.9 Å². The van der Waals surface area contributed by atoms with Crippen molar-refractivity contribution in [1.82, 2.24) is 20.4 Å². The molecule has 4 rings (SSSR count). The third-order valence-electron chi connectivity index (χ3n) is 5.36. The minimum absolute atomic E-state index is 0.0922. The van der Waals surface area contributed by atoms with Gasteiger partial charge in [0.05, 0.1) is 6.54 Å². The zero-order valence-corrected chi connectivity index (χ0v) is 15.4. The number of fused-ring (bicyclic) bond motifs is 1. The molecule has 3 heterocycles. The van der Waals surface area contributed by atoms with Gasteiger partial charge in [0.15, 0.2) is 6.61 Å². The normalized spacial score (nSPS) is 22.1. The largest absolute Gasteiger partial charge is 0.483 e. The van der Waals surface area contributed by atoms with Gasteiger partial charge in [0.25, 0.3) is 11.8 Å². The highest BCUT2D eigenvalue weighted by molar-refractivity contribution is 6.05. The highest BCUT2D eigenvalue weighted by Gasteiger charge is 2.40. The number of carbonyl (C=O) groups is 4. The van der Waals surface area contributed by atoms with Crippen LogP contribution in [0.1, 0.15) is 28.8 Å². The summed E-state index contributed by atoms with van der Waals surface area (Å²) in [7, 11) is 0. The molecule has 3 aliphatic rings. The van der Waals surface area contributed by atoms with Crippen molar-refractivity contribution >= 4 is 23.6 Å². The lowest BCUT2D eigenvalue weighted by Crippen LogP contribution is -2.52. The second-order valence-electron chi connectivity index (χ2n) is 7.10. The topological polar surface area (TPSA) is 108 Å². The zero-order valence-electron chi connectivity index (χ0n) is 15.4. The third kappa shape index (κ3) is 3.45. The highest BCUT2D eigenvalue weighted by atomic mass is 16.5. The molecule has 1 unspecified atom stereocenters. The van der Waals surface area contributed by atoms with Crippen molar-refractivity contribution < 1.29 is 23.9 Å². The van der Waals surface area contributed by atoms with Gasteiger partial charge in [-0.25, -0.2) is 0 Å². The molecule has 2 fully saturated rings. The van der Waals surface area contributed by atoms with Crippen LogP contribution in [0, 0.1) is 0 Å². The molecule has 0 spiro atoms. The van der Waals surface area contributed by atoms with E-state index in [1.807, 2.05) is 0 Å². The number of ether oxygens (including phenoxy) is 1. The van der Waals surface area contributed by atoms with E-state index in [2.05, 4.69) is 10.6 Å². The Bertz CT molecular complexity index is 834. The number of rotatable bonds is 4. The van der Waals surface area contributed by atoms with Crippen LogP contribution in [0.4, 0.5) is 0 Å². The molecule has 0 bridgehead atoms. The quantitative estimate of drug-likeness (QED) is 0.660.